The van der Waals surface area contributed by atoms with Crippen molar-refractivity contribution in [1.29, 1.82) is 0 Å². The maximum atomic E-state index is 5.83. The topological polar surface area (TPSA) is 40.0 Å². The number of hydrogen-bond acceptors (Lipinski definition) is 4. The molecule has 0 spiro atoms. The molecule has 0 heterocycles. The lowest BCUT2D eigenvalue weighted by atomic mass is 10.1. The standard InChI is InChI=1S/C16H35NO3Si/c1-6-18-21(19-7-2,20-8-3)15-10-9-13-17-14-11-12-16(4)5/h13,16H,6-12,14-15H2,1-5H3/b17-13-. The van der Waals surface area contributed by atoms with Gasteiger partial charge in [0.15, 0.2) is 0 Å². The third-order valence-corrected chi connectivity index (χ3v) is 6.26. The third kappa shape index (κ3) is 11.0. The number of aliphatic imine (C=N–C) groups is 1. The Hall–Kier alpha value is -0.233. The van der Waals surface area contributed by atoms with Gasteiger partial charge in [-0.25, -0.2) is 0 Å². The van der Waals surface area contributed by atoms with E-state index in [1.165, 1.54) is 12.8 Å². The van der Waals surface area contributed by atoms with Gasteiger partial charge in [0.25, 0.3) is 0 Å². The van der Waals surface area contributed by atoms with Gasteiger partial charge in [-0.2, -0.15) is 0 Å². The molecular weight excluding hydrogens is 282 g/mol. The molecule has 0 aliphatic heterocycles. The molecule has 0 unspecified atom stereocenters. The molecule has 0 aromatic rings. The van der Waals surface area contributed by atoms with Gasteiger partial charge in [0, 0.05) is 32.4 Å². The van der Waals surface area contributed by atoms with Gasteiger partial charge in [-0.15, -0.1) is 0 Å². The lowest BCUT2D eigenvalue weighted by molar-refractivity contribution is 0.0710. The van der Waals surface area contributed by atoms with E-state index >= 15 is 0 Å². The molecule has 0 amide bonds. The van der Waals surface area contributed by atoms with E-state index in [1.807, 2.05) is 27.0 Å². The van der Waals surface area contributed by atoms with E-state index in [1.54, 1.807) is 0 Å². The Labute approximate surface area is 132 Å². The maximum absolute atomic E-state index is 5.83. The Bertz CT molecular complexity index is 243. The molecule has 0 rings (SSSR count). The highest BCUT2D eigenvalue weighted by atomic mass is 28.4. The molecule has 0 aromatic carbocycles. The normalized spacial score (nSPS) is 12.7. The van der Waals surface area contributed by atoms with Crippen molar-refractivity contribution >= 4 is 15.0 Å². The van der Waals surface area contributed by atoms with Crippen molar-refractivity contribution in [3.63, 3.8) is 0 Å². The molecule has 0 saturated carbocycles. The lowest BCUT2D eigenvalue weighted by Crippen LogP contribution is -2.45. The van der Waals surface area contributed by atoms with Crippen molar-refractivity contribution < 1.29 is 13.3 Å². The first-order valence-corrected chi connectivity index (χ1v) is 10.4. The molecule has 4 nitrogen and oxygen atoms in total. The van der Waals surface area contributed by atoms with Crippen molar-refractivity contribution in [3.8, 4) is 0 Å². The van der Waals surface area contributed by atoms with Gasteiger partial charge in [0.05, 0.1) is 0 Å². The molecular formula is C16H35NO3Si. The first-order valence-electron chi connectivity index (χ1n) is 8.50. The van der Waals surface area contributed by atoms with E-state index in [9.17, 15) is 0 Å². The molecule has 0 N–H and O–H groups in total. The number of hydrogen-bond donors (Lipinski definition) is 0. The average Bonchev–Trinajstić information content (AvgIpc) is 2.42. The molecule has 0 atom stereocenters. The molecule has 126 valence electrons. The Morgan fingerprint density at radius 3 is 2.00 bits per heavy atom. The van der Waals surface area contributed by atoms with E-state index in [-0.39, 0.29) is 0 Å². The van der Waals surface area contributed by atoms with Gasteiger partial charge < -0.3 is 13.3 Å². The summed E-state index contributed by atoms with van der Waals surface area (Å²) in [5.41, 5.74) is 0. The van der Waals surface area contributed by atoms with Crippen LogP contribution < -0.4 is 0 Å². The van der Waals surface area contributed by atoms with Gasteiger partial charge in [0.2, 0.25) is 0 Å². The summed E-state index contributed by atoms with van der Waals surface area (Å²) in [6, 6.07) is 0.876. The van der Waals surface area contributed by atoms with Gasteiger partial charge in [-0.05, 0) is 58.6 Å². The lowest BCUT2D eigenvalue weighted by Gasteiger charge is -2.28. The van der Waals surface area contributed by atoms with Crippen LogP contribution in [-0.4, -0.2) is 41.4 Å². The van der Waals surface area contributed by atoms with Crippen LogP contribution >= 0.6 is 0 Å². The van der Waals surface area contributed by atoms with Crippen LogP contribution in [0.1, 0.15) is 60.3 Å². The Kier molecular flexibility index (Phi) is 13.3. The number of nitrogens with zero attached hydrogens (tertiary/aromatic N) is 1. The van der Waals surface area contributed by atoms with Crippen LogP contribution in [0.25, 0.3) is 0 Å². The fraction of sp³-hybridized carbons (Fsp3) is 0.938. The molecule has 21 heavy (non-hydrogen) atoms. The fourth-order valence-corrected chi connectivity index (χ4v) is 4.82. The van der Waals surface area contributed by atoms with Crippen molar-refractivity contribution in [3.05, 3.63) is 0 Å². The average molecular weight is 318 g/mol. The number of unbranched alkanes of at least 4 members (excludes halogenated alkanes) is 1. The monoisotopic (exact) mass is 317 g/mol. The minimum absolute atomic E-state index is 0.648. The molecule has 0 aliphatic carbocycles. The highest BCUT2D eigenvalue weighted by Crippen LogP contribution is 2.18. The molecule has 0 aromatic heterocycles. The second kappa shape index (κ2) is 13.4. The van der Waals surface area contributed by atoms with E-state index in [0.717, 1.165) is 31.3 Å². The van der Waals surface area contributed by atoms with E-state index in [0.29, 0.717) is 19.8 Å². The smallest absolute Gasteiger partial charge is 0.374 e. The van der Waals surface area contributed by atoms with Crippen molar-refractivity contribution in [1.82, 2.24) is 0 Å². The van der Waals surface area contributed by atoms with Crippen LogP contribution in [0.3, 0.4) is 0 Å². The fourth-order valence-electron chi connectivity index (χ4n) is 2.18. The van der Waals surface area contributed by atoms with E-state index in [2.05, 4.69) is 18.8 Å². The van der Waals surface area contributed by atoms with Crippen LogP contribution in [0.15, 0.2) is 4.99 Å². The quantitative estimate of drug-likeness (QED) is 0.272. The molecule has 0 aliphatic rings. The zero-order valence-electron chi connectivity index (χ0n) is 14.7. The predicted molar refractivity (Wildman–Crippen MR) is 92.1 cm³/mol. The summed E-state index contributed by atoms with van der Waals surface area (Å²) in [5, 5.41) is 0. The number of rotatable bonds is 14. The Morgan fingerprint density at radius 1 is 0.952 bits per heavy atom. The van der Waals surface area contributed by atoms with Crippen molar-refractivity contribution in [2.75, 3.05) is 26.4 Å². The van der Waals surface area contributed by atoms with Crippen LogP contribution in [-0.2, 0) is 13.3 Å². The van der Waals surface area contributed by atoms with Crippen LogP contribution in [0.5, 0.6) is 0 Å². The van der Waals surface area contributed by atoms with Gasteiger partial charge >= 0.3 is 8.80 Å². The third-order valence-electron chi connectivity index (χ3n) is 3.11. The van der Waals surface area contributed by atoms with Gasteiger partial charge in [-0.3, -0.25) is 4.99 Å². The minimum atomic E-state index is -2.45. The van der Waals surface area contributed by atoms with Gasteiger partial charge in [-0.1, -0.05) is 13.8 Å². The second-order valence-corrected chi connectivity index (χ2v) is 8.23. The SMILES string of the molecule is CCO[Si](CCC/C=N\CCCC(C)C)(OCC)OCC. The summed E-state index contributed by atoms with van der Waals surface area (Å²) in [7, 11) is -2.45. The molecule has 0 bridgehead atoms. The largest absolute Gasteiger partial charge is 0.500 e. The van der Waals surface area contributed by atoms with Crippen LogP contribution in [0.2, 0.25) is 6.04 Å². The summed E-state index contributed by atoms with van der Waals surface area (Å²) in [6.45, 7) is 13.4. The zero-order chi connectivity index (χ0) is 16.0. The summed E-state index contributed by atoms with van der Waals surface area (Å²) in [5.74, 6) is 0.774. The highest BCUT2D eigenvalue weighted by molar-refractivity contribution is 6.60. The molecule has 5 heteroatoms. The van der Waals surface area contributed by atoms with E-state index < -0.39 is 8.80 Å². The Morgan fingerprint density at radius 2 is 1.52 bits per heavy atom. The molecule has 0 saturated heterocycles. The predicted octanol–water partition coefficient (Wildman–Crippen LogP) is 4.32. The van der Waals surface area contributed by atoms with Crippen molar-refractivity contribution in [2.45, 2.75) is 66.3 Å². The summed E-state index contributed by atoms with van der Waals surface area (Å²) in [4.78, 5) is 4.47. The second-order valence-electron chi connectivity index (χ2n) is 5.50. The zero-order valence-corrected chi connectivity index (χ0v) is 15.7. The van der Waals surface area contributed by atoms with E-state index in [4.69, 9.17) is 13.3 Å². The maximum Gasteiger partial charge on any atom is 0.500 e. The highest BCUT2D eigenvalue weighted by Gasteiger charge is 2.39. The summed E-state index contributed by atoms with van der Waals surface area (Å²) in [6.07, 6.45) is 6.48. The Balaban J connectivity index is 3.98. The first-order chi connectivity index (χ1) is 10.1. The van der Waals surface area contributed by atoms with Crippen LogP contribution in [0, 0.1) is 5.92 Å². The minimum Gasteiger partial charge on any atom is -0.374 e. The van der Waals surface area contributed by atoms with Crippen LogP contribution in [0.4, 0.5) is 0 Å². The summed E-state index contributed by atoms with van der Waals surface area (Å²) >= 11 is 0. The van der Waals surface area contributed by atoms with Crippen molar-refractivity contribution in [2.24, 2.45) is 10.9 Å². The summed E-state index contributed by atoms with van der Waals surface area (Å²) < 4.78 is 17.5. The van der Waals surface area contributed by atoms with Gasteiger partial charge in [0.1, 0.15) is 0 Å². The first kappa shape index (κ1) is 20.8. The molecule has 0 fully saturated rings. The molecule has 0 radical (unpaired) electrons.